The fraction of sp³-hybridized carbons (Fsp3) is 0.611. The third kappa shape index (κ3) is 4.38. The standard InChI is InChI=1S/C18H28N2O3/c1-13-9-17(2,3)11-18(10-13,12-21)20-16(22)19-14-7-5-6-8-15(14)23-4/h5-8,13,21H,9-12H2,1-4H3,(H2,19,20,22)/t13-,18-/m0/s1. The van der Waals surface area contributed by atoms with Gasteiger partial charge in [0.2, 0.25) is 0 Å². The number of aliphatic hydroxyl groups excluding tert-OH is 1. The van der Waals surface area contributed by atoms with Gasteiger partial charge >= 0.3 is 6.03 Å². The van der Waals surface area contributed by atoms with Gasteiger partial charge in [0.1, 0.15) is 5.75 Å². The monoisotopic (exact) mass is 320 g/mol. The number of hydrogen-bond donors (Lipinski definition) is 3. The van der Waals surface area contributed by atoms with E-state index in [4.69, 9.17) is 4.74 Å². The van der Waals surface area contributed by atoms with E-state index in [0.717, 1.165) is 19.3 Å². The number of rotatable bonds is 4. The molecule has 128 valence electrons. The number of anilines is 1. The normalized spacial score (nSPS) is 26.4. The lowest BCUT2D eigenvalue weighted by Crippen LogP contribution is -2.58. The molecule has 0 aromatic heterocycles. The molecule has 2 atom stereocenters. The van der Waals surface area contributed by atoms with Crippen molar-refractivity contribution in [2.24, 2.45) is 11.3 Å². The molecule has 2 rings (SSSR count). The van der Waals surface area contributed by atoms with Crippen LogP contribution in [0.1, 0.15) is 40.0 Å². The van der Waals surface area contributed by atoms with Gasteiger partial charge in [0.05, 0.1) is 24.9 Å². The number of amides is 2. The third-order valence-corrected chi connectivity index (χ3v) is 4.49. The van der Waals surface area contributed by atoms with Gasteiger partial charge in [-0.3, -0.25) is 0 Å². The van der Waals surface area contributed by atoms with E-state index in [0.29, 0.717) is 17.4 Å². The average Bonchev–Trinajstić information content (AvgIpc) is 2.45. The first-order valence-corrected chi connectivity index (χ1v) is 8.12. The van der Waals surface area contributed by atoms with Gasteiger partial charge in [0.15, 0.2) is 0 Å². The Morgan fingerprint density at radius 2 is 2.04 bits per heavy atom. The van der Waals surface area contributed by atoms with E-state index >= 15 is 0 Å². The predicted molar refractivity (Wildman–Crippen MR) is 91.8 cm³/mol. The molecule has 0 heterocycles. The van der Waals surface area contributed by atoms with E-state index in [2.05, 4.69) is 31.4 Å². The summed E-state index contributed by atoms with van der Waals surface area (Å²) in [6, 6.07) is 6.96. The smallest absolute Gasteiger partial charge is 0.319 e. The van der Waals surface area contributed by atoms with Crippen molar-refractivity contribution >= 4 is 11.7 Å². The topological polar surface area (TPSA) is 70.6 Å². The van der Waals surface area contributed by atoms with Crippen molar-refractivity contribution in [1.29, 1.82) is 0 Å². The molecule has 0 unspecified atom stereocenters. The van der Waals surface area contributed by atoms with Crippen LogP contribution in [-0.4, -0.2) is 30.4 Å². The first kappa shape index (κ1) is 17.6. The Kier molecular flexibility index (Phi) is 5.19. The summed E-state index contributed by atoms with van der Waals surface area (Å²) in [5.74, 6) is 1.07. The average molecular weight is 320 g/mol. The van der Waals surface area contributed by atoms with E-state index in [1.807, 2.05) is 12.1 Å². The highest BCUT2D eigenvalue weighted by atomic mass is 16.5. The molecule has 3 N–H and O–H groups in total. The Labute approximate surface area is 138 Å². The molecule has 1 aromatic rings. The van der Waals surface area contributed by atoms with Crippen molar-refractivity contribution in [3.63, 3.8) is 0 Å². The molecular weight excluding hydrogens is 292 g/mol. The van der Waals surface area contributed by atoms with Crippen LogP contribution in [-0.2, 0) is 0 Å². The van der Waals surface area contributed by atoms with Gasteiger partial charge in [0.25, 0.3) is 0 Å². The third-order valence-electron chi connectivity index (χ3n) is 4.49. The van der Waals surface area contributed by atoms with E-state index < -0.39 is 5.54 Å². The Hall–Kier alpha value is -1.75. The maximum absolute atomic E-state index is 12.4. The van der Waals surface area contributed by atoms with Gasteiger partial charge in [-0.1, -0.05) is 32.9 Å². The molecule has 1 fully saturated rings. The minimum Gasteiger partial charge on any atom is -0.495 e. The van der Waals surface area contributed by atoms with Crippen LogP contribution in [0.25, 0.3) is 0 Å². The fourth-order valence-corrected chi connectivity index (χ4v) is 4.14. The first-order chi connectivity index (χ1) is 10.8. The molecule has 1 aliphatic carbocycles. The van der Waals surface area contributed by atoms with Crippen molar-refractivity contribution in [3.05, 3.63) is 24.3 Å². The summed E-state index contributed by atoms with van der Waals surface area (Å²) in [4.78, 5) is 12.4. The van der Waals surface area contributed by atoms with Crippen LogP contribution in [0.3, 0.4) is 0 Å². The molecule has 1 aliphatic rings. The summed E-state index contributed by atoms with van der Waals surface area (Å²) >= 11 is 0. The highest BCUT2D eigenvalue weighted by Crippen LogP contribution is 2.43. The molecule has 0 radical (unpaired) electrons. The molecular formula is C18H28N2O3. The Morgan fingerprint density at radius 3 is 2.65 bits per heavy atom. The number of carbonyl (C=O) groups excluding carboxylic acids is 1. The second-order valence-corrected chi connectivity index (χ2v) is 7.57. The van der Waals surface area contributed by atoms with Crippen molar-refractivity contribution in [1.82, 2.24) is 5.32 Å². The van der Waals surface area contributed by atoms with Gasteiger partial charge in [-0.2, -0.15) is 0 Å². The summed E-state index contributed by atoms with van der Waals surface area (Å²) in [5.41, 5.74) is 0.134. The minimum absolute atomic E-state index is 0.0554. The maximum atomic E-state index is 12.4. The number of methoxy groups -OCH3 is 1. The van der Waals surface area contributed by atoms with E-state index in [-0.39, 0.29) is 18.1 Å². The molecule has 0 saturated heterocycles. The summed E-state index contributed by atoms with van der Waals surface area (Å²) in [5, 5.41) is 15.8. The number of para-hydroxylation sites is 2. The van der Waals surface area contributed by atoms with Crippen molar-refractivity contribution in [2.75, 3.05) is 19.0 Å². The van der Waals surface area contributed by atoms with Crippen LogP contribution in [0.4, 0.5) is 10.5 Å². The number of nitrogens with one attached hydrogen (secondary N) is 2. The zero-order valence-electron chi connectivity index (χ0n) is 14.5. The van der Waals surface area contributed by atoms with Gasteiger partial charge in [-0.15, -0.1) is 0 Å². The number of urea groups is 1. The summed E-state index contributed by atoms with van der Waals surface area (Å²) < 4.78 is 5.25. The van der Waals surface area contributed by atoms with Crippen LogP contribution in [0.2, 0.25) is 0 Å². The number of benzene rings is 1. The summed E-state index contributed by atoms with van der Waals surface area (Å²) in [6.07, 6.45) is 2.65. The van der Waals surface area contributed by atoms with E-state index in [9.17, 15) is 9.90 Å². The summed E-state index contributed by atoms with van der Waals surface area (Å²) in [7, 11) is 1.57. The minimum atomic E-state index is -0.576. The SMILES string of the molecule is COc1ccccc1NC(=O)N[C@@]1(CO)C[C@@H](C)CC(C)(C)C1. The Bertz CT molecular complexity index is 559. The van der Waals surface area contributed by atoms with Crippen molar-refractivity contribution in [3.8, 4) is 5.75 Å². The van der Waals surface area contributed by atoms with Gasteiger partial charge in [-0.25, -0.2) is 4.79 Å². The number of aliphatic hydroxyl groups is 1. The molecule has 1 aromatic carbocycles. The number of ether oxygens (including phenoxy) is 1. The number of carbonyl (C=O) groups is 1. The molecule has 23 heavy (non-hydrogen) atoms. The quantitative estimate of drug-likeness (QED) is 0.796. The second kappa shape index (κ2) is 6.79. The van der Waals surface area contributed by atoms with E-state index in [1.54, 1.807) is 19.2 Å². The largest absolute Gasteiger partial charge is 0.495 e. The molecule has 0 aliphatic heterocycles. The van der Waals surface area contributed by atoms with Crippen LogP contribution in [0, 0.1) is 11.3 Å². The van der Waals surface area contributed by atoms with Crippen molar-refractivity contribution < 1.29 is 14.6 Å². The van der Waals surface area contributed by atoms with Crippen LogP contribution >= 0.6 is 0 Å². The van der Waals surface area contributed by atoms with E-state index in [1.165, 1.54) is 0 Å². The van der Waals surface area contributed by atoms with Gasteiger partial charge in [0, 0.05) is 0 Å². The van der Waals surface area contributed by atoms with Crippen molar-refractivity contribution in [2.45, 2.75) is 45.6 Å². The lowest BCUT2D eigenvalue weighted by atomic mass is 9.64. The van der Waals surface area contributed by atoms with Crippen LogP contribution in [0.15, 0.2) is 24.3 Å². The zero-order valence-corrected chi connectivity index (χ0v) is 14.5. The molecule has 5 nitrogen and oxygen atoms in total. The van der Waals surface area contributed by atoms with Gasteiger partial charge in [-0.05, 0) is 42.7 Å². The maximum Gasteiger partial charge on any atom is 0.319 e. The lowest BCUT2D eigenvalue weighted by molar-refractivity contribution is 0.0445. The zero-order chi connectivity index (χ0) is 17.1. The first-order valence-electron chi connectivity index (χ1n) is 8.12. The van der Waals surface area contributed by atoms with Crippen LogP contribution < -0.4 is 15.4 Å². The number of hydrogen-bond acceptors (Lipinski definition) is 3. The fourth-order valence-electron chi connectivity index (χ4n) is 4.14. The Morgan fingerprint density at radius 1 is 1.35 bits per heavy atom. The highest BCUT2D eigenvalue weighted by Gasteiger charge is 2.43. The Balaban J connectivity index is 2.10. The summed E-state index contributed by atoms with van der Waals surface area (Å²) in [6.45, 7) is 6.49. The molecule has 0 bridgehead atoms. The highest BCUT2D eigenvalue weighted by molar-refractivity contribution is 5.91. The molecule has 1 saturated carbocycles. The molecule has 2 amide bonds. The lowest BCUT2D eigenvalue weighted by Gasteiger charge is -2.47. The predicted octanol–water partition coefficient (Wildman–Crippen LogP) is 3.39. The molecule has 5 heteroatoms. The second-order valence-electron chi connectivity index (χ2n) is 7.57. The van der Waals surface area contributed by atoms with Crippen LogP contribution in [0.5, 0.6) is 5.75 Å². The molecule has 0 spiro atoms. The van der Waals surface area contributed by atoms with Gasteiger partial charge < -0.3 is 20.5 Å².